The zero-order valence-corrected chi connectivity index (χ0v) is 13.3. The van der Waals surface area contributed by atoms with Crippen molar-refractivity contribution in [3.05, 3.63) is 56.5 Å². The molecule has 0 aliphatic carbocycles. The zero-order chi connectivity index (χ0) is 15.4. The summed E-state index contributed by atoms with van der Waals surface area (Å²) >= 11 is 18.2. The summed E-state index contributed by atoms with van der Waals surface area (Å²) in [4.78, 5) is 0. The summed E-state index contributed by atoms with van der Waals surface area (Å²) in [6.07, 6.45) is 0. The topological polar surface area (TPSA) is 42.2 Å². The van der Waals surface area contributed by atoms with Gasteiger partial charge in [-0.1, -0.05) is 34.8 Å². The number of rotatable bonds is 4. The fourth-order valence-electron chi connectivity index (χ4n) is 1.71. The lowest BCUT2D eigenvalue weighted by molar-refractivity contribution is 0.284. The van der Waals surface area contributed by atoms with E-state index in [1.807, 2.05) is 6.07 Å². The molecular formula is C15H10Cl3NO2. The van der Waals surface area contributed by atoms with Crippen LogP contribution in [0.5, 0.6) is 11.5 Å². The molecule has 0 heterocycles. The van der Waals surface area contributed by atoms with Crippen LogP contribution in [0.15, 0.2) is 30.3 Å². The van der Waals surface area contributed by atoms with Crippen LogP contribution in [0.4, 0.5) is 0 Å². The van der Waals surface area contributed by atoms with Gasteiger partial charge in [0, 0.05) is 16.7 Å². The Bertz CT molecular complexity index is 711. The molecule has 3 nitrogen and oxygen atoms in total. The van der Waals surface area contributed by atoms with Crippen molar-refractivity contribution >= 4 is 34.8 Å². The minimum Gasteiger partial charge on any atom is -0.493 e. The average molecular weight is 343 g/mol. The molecule has 0 aliphatic heterocycles. The first-order valence-corrected chi connectivity index (χ1v) is 7.03. The molecule has 0 fully saturated rings. The maximum absolute atomic E-state index is 8.93. The van der Waals surface area contributed by atoms with Gasteiger partial charge in [0.15, 0.2) is 11.5 Å². The first-order valence-electron chi connectivity index (χ1n) is 5.90. The van der Waals surface area contributed by atoms with E-state index in [1.54, 1.807) is 30.3 Å². The van der Waals surface area contributed by atoms with Crippen molar-refractivity contribution in [1.82, 2.24) is 0 Å². The summed E-state index contributed by atoms with van der Waals surface area (Å²) in [6, 6.07) is 10.2. The van der Waals surface area contributed by atoms with Crippen molar-refractivity contribution in [1.29, 1.82) is 5.26 Å². The van der Waals surface area contributed by atoms with E-state index in [2.05, 4.69) is 0 Å². The Labute approximate surface area is 137 Å². The van der Waals surface area contributed by atoms with Crippen LogP contribution in [0, 0.1) is 11.3 Å². The zero-order valence-electron chi connectivity index (χ0n) is 11.0. The van der Waals surface area contributed by atoms with Gasteiger partial charge in [-0.25, -0.2) is 0 Å². The van der Waals surface area contributed by atoms with Crippen LogP contribution in [0.3, 0.4) is 0 Å². The molecule has 0 atom stereocenters. The van der Waals surface area contributed by atoms with E-state index < -0.39 is 0 Å². The molecule has 0 radical (unpaired) electrons. The minimum absolute atomic E-state index is 0.115. The molecule has 0 spiro atoms. The number of halogens is 3. The van der Waals surface area contributed by atoms with Gasteiger partial charge >= 0.3 is 0 Å². The second kappa shape index (κ2) is 6.91. The summed E-state index contributed by atoms with van der Waals surface area (Å²) in [7, 11) is 1.52. The Morgan fingerprint density at radius 2 is 1.76 bits per heavy atom. The van der Waals surface area contributed by atoms with Gasteiger partial charge in [-0.15, -0.1) is 0 Å². The van der Waals surface area contributed by atoms with Gasteiger partial charge in [-0.2, -0.15) is 5.26 Å². The van der Waals surface area contributed by atoms with Crippen molar-refractivity contribution in [3.63, 3.8) is 0 Å². The van der Waals surface area contributed by atoms with Crippen LogP contribution in [-0.2, 0) is 6.61 Å². The predicted molar refractivity (Wildman–Crippen MR) is 83.5 cm³/mol. The second-order valence-electron chi connectivity index (χ2n) is 4.09. The Balaban J connectivity index is 2.28. The summed E-state index contributed by atoms with van der Waals surface area (Å²) in [5, 5.41) is 10.1. The Morgan fingerprint density at radius 1 is 1.05 bits per heavy atom. The standard InChI is InChI=1S/C15H10Cl3NO2/c1-20-13-5-2-9(7-19)6-14(13)21-8-10-11(16)3-4-12(17)15(10)18/h2-6H,8H2,1H3. The highest BCUT2D eigenvalue weighted by atomic mass is 35.5. The first kappa shape index (κ1) is 15.8. The van der Waals surface area contributed by atoms with Crippen LogP contribution in [-0.4, -0.2) is 7.11 Å². The summed E-state index contributed by atoms with van der Waals surface area (Å²) < 4.78 is 10.9. The van der Waals surface area contributed by atoms with Crippen molar-refractivity contribution in [2.75, 3.05) is 7.11 Å². The van der Waals surface area contributed by atoms with Crippen LogP contribution in [0.1, 0.15) is 11.1 Å². The van der Waals surface area contributed by atoms with E-state index >= 15 is 0 Å². The third-order valence-electron chi connectivity index (χ3n) is 2.80. The van der Waals surface area contributed by atoms with Gasteiger partial charge in [-0.3, -0.25) is 0 Å². The minimum atomic E-state index is 0.115. The quantitative estimate of drug-likeness (QED) is 0.725. The third-order valence-corrected chi connectivity index (χ3v) is 4.00. The van der Waals surface area contributed by atoms with Crippen LogP contribution >= 0.6 is 34.8 Å². The SMILES string of the molecule is COc1ccc(C#N)cc1OCc1c(Cl)ccc(Cl)c1Cl. The van der Waals surface area contributed by atoms with Gasteiger partial charge in [-0.05, 0) is 24.3 Å². The van der Waals surface area contributed by atoms with E-state index in [-0.39, 0.29) is 6.61 Å². The molecule has 0 saturated carbocycles. The van der Waals surface area contributed by atoms with Gasteiger partial charge in [0.25, 0.3) is 0 Å². The average Bonchev–Trinajstić information content (AvgIpc) is 2.50. The lowest BCUT2D eigenvalue weighted by Gasteiger charge is -2.13. The number of nitriles is 1. The molecule has 0 saturated heterocycles. The molecule has 2 rings (SSSR count). The van der Waals surface area contributed by atoms with Crippen molar-refractivity contribution in [3.8, 4) is 17.6 Å². The lowest BCUT2D eigenvalue weighted by Crippen LogP contribution is -2.00. The molecule has 0 aromatic heterocycles. The Hall–Kier alpha value is -1.60. The predicted octanol–water partition coefficient (Wildman–Crippen LogP) is 5.11. The molecule has 2 aromatic rings. The number of benzene rings is 2. The van der Waals surface area contributed by atoms with Gasteiger partial charge in [0.1, 0.15) is 6.61 Å². The van der Waals surface area contributed by atoms with Crippen LogP contribution in [0.2, 0.25) is 15.1 Å². The third kappa shape index (κ3) is 3.54. The number of hydrogen-bond acceptors (Lipinski definition) is 3. The molecule has 0 bridgehead atoms. The molecular weight excluding hydrogens is 333 g/mol. The molecule has 6 heteroatoms. The van der Waals surface area contributed by atoms with Crippen LogP contribution < -0.4 is 9.47 Å². The van der Waals surface area contributed by atoms with Gasteiger partial charge in [0.05, 0.1) is 28.8 Å². The fourth-order valence-corrected chi connectivity index (χ4v) is 2.37. The Morgan fingerprint density at radius 3 is 2.43 bits per heavy atom. The molecule has 2 aromatic carbocycles. The molecule has 108 valence electrons. The molecule has 0 N–H and O–H groups in total. The van der Waals surface area contributed by atoms with Crippen molar-refractivity contribution < 1.29 is 9.47 Å². The highest BCUT2D eigenvalue weighted by Gasteiger charge is 2.12. The number of hydrogen-bond donors (Lipinski definition) is 0. The maximum atomic E-state index is 8.93. The lowest BCUT2D eigenvalue weighted by atomic mass is 10.2. The molecule has 0 unspecified atom stereocenters. The largest absolute Gasteiger partial charge is 0.493 e. The highest BCUT2D eigenvalue weighted by Crippen LogP contribution is 2.34. The van der Waals surface area contributed by atoms with E-state index in [9.17, 15) is 0 Å². The van der Waals surface area contributed by atoms with E-state index in [0.29, 0.717) is 37.7 Å². The second-order valence-corrected chi connectivity index (χ2v) is 5.28. The van der Waals surface area contributed by atoms with Crippen LogP contribution in [0.25, 0.3) is 0 Å². The van der Waals surface area contributed by atoms with Gasteiger partial charge < -0.3 is 9.47 Å². The van der Waals surface area contributed by atoms with Crippen molar-refractivity contribution in [2.24, 2.45) is 0 Å². The van der Waals surface area contributed by atoms with E-state index in [4.69, 9.17) is 49.5 Å². The summed E-state index contributed by atoms with van der Waals surface area (Å²) in [5.41, 5.74) is 1.05. The maximum Gasteiger partial charge on any atom is 0.162 e. The number of methoxy groups -OCH3 is 1. The summed E-state index contributed by atoms with van der Waals surface area (Å²) in [5.74, 6) is 0.951. The van der Waals surface area contributed by atoms with E-state index in [0.717, 1.165) is 0 Å². The highest BCUT2D eigenvalue weighted by molar-refractivity contribution is 6.44. The Kier molecular flexibility index (Phi) is 5.19. The van der Waals surface area contributed by atoms with Crippen molar-refractivity contribution in [2.45, 2.75) is 6.61 Å². The van der Waals surface area contributed by atoms with Gasteiger partial charge in [0.2, 0.25) is 0 Å². The number of nitrogens with zero attached hydrogens (tertiary/aromatic N) is 1. The number of ether oxygens (including phenoxy) is 2. The fraction of sp³-hybridized carbons (Fsp3) is 0.133. The monoisotopic (exact) mass is 341 g/mol. The summed E-state index contributed by atoms with van der Waals surface area (Å²) in [6.45, 7) is 0.115. The first-order chi connectivity index (χ1) is 10.1. The van der Waals surface area contributed by atoms with E-state index in [1.165, 1.54) is 7.11 Å². The smallest absolute Gasteiger partial charge is 0.162 e. The normalized spacial score (nSPS) is 10.0. The molecule has 0 amide bonds. The molecule has 0 aliphatic rings. The molecule has 21 heavy (non-hydrogen) atoms.